The minimum absolute atomic E-state index is 0.250. The van der Waals surface area contributed by atoms with E-state index in [-0.39, 0.29) is 5.82 Å². The van der Waals surface area contributed by atoms with E-state index in [2.05, 4.69) is 31.3 Å². The fourth-order valence-electron chi connectivity index (χ4n) is 2.39. The molecule has 0 amide bonds. The van der Waals surface area contributed by atoms with Crippen molar-refractivity contribution in [1.29, 1.82) is 0 Å². The van der Waals surface area contributed by atoms with Gasteiger partial charge in [-0.25, -0.2) is 9.82 Å². The van der Waals surface area contributed by atoms with Gasteiger partial charge in [0.2, 0.25) is 0 Å². The molecule has 0 bridgehead atoms. The smallest absolute Gasteiger partial charge is 0.148 e. The van der Waals surface area contributed by atoms with Gasteiger partial charge in [-0.3, -0.25) is 10.1 Å². The van der Waals surface area contributed by atoms with Crippen LogP contribution in [0.5, 0.6) is 0 Å². The van der Waals surface area contributed by atoms with E-state index in [9.17, 15) is 4.39 Å². The second-order valence-electron chi connectivity index (χ2n) is 5.14. The van der Waals surface area contributed by atoms with E-state index in [1.807, 2.05) is 17.8 Å². The highest BCUT2D eigenvalue weighted by atomic mass is 32.2. The first kappa shape index (κ1) is 17.1. The lowest BCUT2D eigenvalue weighted by Gasteiger charge is -2.29. The normalized spacial score (nSPS) is 14.6. The fraction of sp³-hybridized carbons (Fsp3) is 0.357. The number of rotatable bonds is 7. The van der Waals surface area contributed by atoms with Gasteiger partial charge in [0.1, 0.15) is 5.82 Å². The average molecular weight is 367 g/mol. The Kier molecular flexibility index (Phi) is 5.96. The second kappa shape index (κ2) is 8.38. The number of halogens is 1. The lowest BCUT2D eigenvalue weighted by atomic mass is 10.2. The van der Waals surface area contributed by atoms with E-state index in [1.54, 1.807) is 12.3 Å². The molecule has 1 aliphatic rings. The van der Waals surface area contributed by atoms with Crippen LogP contribution >= 0.6 is 24.0 Å². The predicted octanol–water partition coefficient (Wildman–Crippen LogP) is 1.47. The molecule has 2 heterocycles. The van der Waals surface area contributed by atoms with Gasteiger partial charge in [0.25, 0.3) is 0 Å². The molecule has 3 rings (SSSR count). The molecule has 0 saturated carbocycles. The SMILES string of the molecule is Fc1cc(N(C=S)NNCc2c[nH]nn2)ccc1N1CCSCC1. The first-order chi connectivity index (χ1) is 11.8. The summed E-state index contributed by atoms with van der Waals surface area (Å²) in [4.78, 5) is 2.08. The molecule has 1 fully saturated rings. The van der Waals surface area contributed by atoms with Crippen LogP contribution in [0.2, 0.25) is 0 Å². The number of nitrogens with one attached hydrogen (secondary N) is 3. The van der Waals surface area contributed by atoms with Gasteiger partial charge in [-0.05, 0) is 12.1 Å². The summed E-state index contributed by atoms with van der Waals surface area (Å²) in [6.45, 7) is 2.19. The molecule has 0 atom stereocenters. The molecule has 2 aromatic rings. The summed E-state index contributed by atoms with van der Waals surface area (Å²) in [6.07, 6.45) is 1.68. The molecule has 3 N–H and O–H groups in total. The average Bonchev–Trinajstić information content (AvgIpc) is 3.13. The van der Waals surface area contributed by atoms with Crippen LogP contribution in [0.3, 0.4) is 0 Å². The Balaban J connectivity index is 1.63. The number of aromatic amines is 1. The third kappa shape index (κ3) is 4.20. The molecule has 1 aromatic heterocycles. The monoisotopic (exact) mass is 367 g/mol. The number of benzene rings is 1. The summed E-state index contributed by atoms with van der Waals surface area (Å²) in [5, 5.41) is 11.7. The number of hydrogen-bond donors (Lipinski definition) is 3. The fourth-order valence-corrected chi connectivity index (χ4v) is 3.46. The van der Waals surface area contributed by atoms with E-state index in [0.717, 1.165) is 30.3 Å². The molecule has 0 spiro atoms. The third-order valence-corrected chi connectivity index (χ3v) is 4.76. The Morgan fingerprint density at radius 1 is 1.42 bits per heavy atom. The summed E-state index contributed by atoms with van der Waals surface area (Å²) in [5.41, 5.74) is 9.27. The van der Waals surface area contributed by atoms with Crippen LogP contribution in [-0.4, -0.2) is 45.5 Å². The maximum absolute atomic E-state index is 14.5. The Bertz CT molecular complexity index is 661. The summed E-state index contributed by atoms with van der Waals surface area (Å²) < 4.78 is 14.5. The van der Waals surface area contributed by atoms with Gasteiger partial charge in [0.05, 0.1) is 29.1 Å². The molecule has 7 nitrogen and oxygen atoms in total. The van der Waals surface area contributed by atoms with Crippen molar-refractivity contribution in [3.8, 4) is 0 Å². The van der Waals surface area contributed by atoms with Gasteiger partial charge in [0.15, 0.2) is 0 Å². The molecule has 0 radical (unpaired) electrons. The van der Waals surface area contributed by atoms with E-state index in [4.69, 9.17) is 12.2 Å². The third-order valence-electron chi connectivity index (χ3n) is 3.60. The van der Waals surface area contributed by atoms with Gasteiger partial charge in [-0.15, -0.1) is 5.10 Å². The standard InChI is InChI=1S/C14H18FN7S2/c15-13-7-12(1-2-14(13)21-3-5-24-6-4-21)22(10-23)20-17-9-11-8-16-19-18-11/h1-2,7-8,10,17,20H,3-6,9H2,(H,16,18,19). The number of anilines is 2. The Morgan fingerprint density at radius 2 is 2.25 bits per heavy atom. The van der Waals surface area contributed by atoms with Gasteiger partial charge in [-0.2, -0.15) is 17.3 Å². The quantitative estimate of drug-likeness (QED) is 0.502. The van der Waals surface area contributed by atoms with Crippen molar-refractivity contribution in [2.24, 2.45) is 0 Å². The molecule has 1 aliphatic heterocycles. The van der Waals surface area contributed by atoms with Gasteiger partial charge >= 0.3 is 0 Å². The van der Waals surface area contributed by atoms with E-state index in [0.29, 0.717) is 17.9 Å². The van der Waals surface area contributed by atoms with Gasteiger partial charge in [0, 0.05) is 36.9 Å². The molecule has 10 heteroatoms. The number of hydrazine groups is 2. The zero-order chi connectivity index (χ0) is 16.8. The number of hydrogen-bond acceptors (Lipinski definition) is 7. The number of thioether (sulfide) groups is 1. The van der Waals surface area contributed by atoms with Crippen LogP contribution in [0, 0.1) is 5.82 Å². The Hall–Kier alpha value is -1.75. The van der Waals surface area contributed by atoms with Crippen LogP contribution in [0.1, 0.15) is 5.69 Å². The predicted molar refractivity (Wildman–Crippen MR) is 98.4 cm³/mol. The van der Waals surface area contributed by atoms with Crippen LogP contribution in [-0.2, 0) is 6.54 Å². The molecule has 24 heavy (non-hydrogen) atoms. The first-order valence-electron chi connectivity index (χ1n) is 7.48. The first-order valence-corrected chi connectivity index (χ1v) is 9.11. The van der Waals surface area contributed by atoms with Crippen molar-refractivity contribution in [3.05, 3.63) is 35.9 Å². The summed E-state index contributed by atoms with van der Waals surface area (Å²) >= 11 is 6.90. The van der Waals surface area contributed by atoms with Crippen molar-refractivity contribution in [2.75, 3.05) is 34.5 Å². The molecule has 0 aliphatic carbocycles. The Labute approximate surface area is 148 Å². The van der Waals surface area contributed by atoms with Crippen molar-refractivity contribution in [2.45, 2.75) is 6.54 Å². The lowest BCUT2D eigenvalue weighted by molar-refractivity contribution is 0.543. The second-order valence-corrected chi connectivity index (χ2v) is 6.58. The number of H-pyrrole nitrogens is 1. The number of thiocarbonyl (C=S) groups is 1. The molecule has 128 valence electrons. The van der Waals surface area contributed by atoms with E-state index >= 15 is 0 Å². The number of aromatic nitrogens is 3. The van der Waals surface area contributed by atoms with E-state index < -0.39 is 0 Å². The van der Waals surface area contributed by atoms with Crippen molar-refractivity contribution >= 4 is 40.8 Å². The van der Waals surface area contributed by atoms with Gasteiger partial charge < -0.3 is 4.90 Å². The topological polar surface area (TPSA) is 72.1 Å². The van der Waals surface area contributed by atoms with Crippen LogP contribution < -0.4 is 20.9 Å². The summed E-state index contributed by atoms with van der Waals surface area (Å²) in [5.74, 6) is 1.81. The lowest BCUT2D eigenvalue weighted by Crippen LogP contribution is -2.45. The summed E-state index contributed by atoms with van der Waals surface area (Å²) in [6, 6.07) is 5.12. The maximum Gasteiger partial charge on any atom is 0.148 e. The highest BCUT2D eigenvalue weighted by molar-refractivity contribution is 7.99. The summed E-state index contributed by atoms with van der Waals surface area (Å²) in [7, 11) is 0. The molecule has 1 saturated heterocycles. The minimum Gasteiger partial charge on any atom is -0.368 e. The number of nitrogens with zero attached hydrogens (tertiary/aromatic N) is 4. The van der Waals surface area contributed by atoms with Crippen LogP contribution in [0.15, 0.2) is 24.4 Å². The highest BCUT2D eigenvalue weighted by Crippen LogP contribution is 2.26. The zero-order valence-corrected chi connectivity index (χ0v) is 14.5. The molecule has 1 aromatic carbocycles. The minimum atomic E-state index is -0.250. The van der Waals surface area contributed by atoms with E-state index in [1.165, 1.54) is 16.6 Å². The highest BCUT2D eigenvalue weighted by Gasteiger charge is 2.16. The molecular weight excluding hydrogens is 349 g/mol. The van der Waals surface area contributed by atoms with Gasteiger partial charge in [-0.1, -0.05) is 17.4 Å². The Morgan fingerprint density at radius 3 is 2.92 bits per heavy atom. The van der Waals surface area contributed by atoms with Crippen LogP contribution in [0.25, 0.3) is 0 Å². The molecular formula is C14H18FN7S2. The van der Waals surface area contributed by atoms with Crippen molar-refractivity contribution in [1.82, 2.24) is 26.4 Å². The molecule has 0 unspecified atom stereocenters. The van der Waals surface area contributed by atoms with Crippen molar-refractivity contribution < 1.29 is 4.39 Å². The van der Waals surface area contributed by atoms with Crippen molar-refractivity contribution in [3.63, 3.8) is 0 Å². The maximum atomic E-state index is 14.5. The largest absolute Gasteiger partial charge is 0.368 e. The van der Waals surface area contributed by atoms with Crippen LogP contribution in [0.4, 0.5) is 15.8 Å². The zero-order valence-electron chi connectivity index (χ0n) is 12.9.